The van der Waals surface area contributed by atoms with E-state index >= 15 is 0 Å². The summed E-state index contributed by atoms with van der Waals surface area (Å²) in [4.78, 5) is 14.1. The van der Waals surface area contributed by atoms with E-state index in [1.54, 1.807) is 23.1 Å². The number of aliphatic hydroxyl groups excluding tert-OH is 2. The summed E-state index contributed by atoms with van der Waals surface area (Å²) in [6.45, 7) is 1.15. The molecule has 1 heterocycles. The highest BCUT2D eigenvalue weighted by Crippen LogP contribution is 2.20. The number of carbonyl (C=O) groups is 1. The molecule has 0 aliphatic carbocycles. The van der Waals surface area contributed by atoms with Crippen molar-refractivity contribution in [3.63, 3.8) is 0 Å². The molecule has 1 aromatic carbocycles. The van der Waals surface area contributed by atoms with Crippen LogP contribution in [0, 0.1) is 11.8 Å². The third-order valence-corrected chi connectivity index (χ3v) is 3.74. The Bertz CT molecular complexity index is 569. The van der Waals surface area contributed by atoms with E-state index in [9.17, 15) is 9.90 Å². The van der Waals surface area contributed by atoms with Gasteiger partial charge in [-0.1, -0.05) is 23.4 Å². The molecule has 0 aromatic heterocycles. The van der Waals surface area contributed by atoms with E-state index in [0.29, 0.717) is 48.5 Å². The fourth-order valence-electron chi connectivity index (χ4n) is 2.21. The van der Waals surface area contributed by atoms with Crippen LogP contribution in [0.25, 0.3) is 0 Å². The van der Waals surface area contributed by atoms with Crippen LogP contribution >= 0.6 is 11.6 Å². The third-order valence-electron chi connectivity index (χ3n) is 3.43. The molecule has 0 spiro atoms. The molecule has 1 aliphatic rings. The van der Waals surface area contributed by atoms with E-state index in [1.807, 2.05) is 0 Å². The van der Waals surface area contributed by atoms with Gasteiger partial charge in [0.2, 0.25) is 0 Å². The van der Waals surface area contributed by atoms with Gasteiger partial charge in [0.15, 0.2) is 0 Å². The highest BCUT2D eigenvalue weighted by atomic mass is 35.5. The molecule has 2 N–H and O–H groups in total. The van der Waals surface area contributed by atoms with Gasteiger partial charge in [0.05, 0.1) is 17.7 Å². The number of hydrogen-bond donors (Lipinski definition) is 2. The molecule has 0 saturated carbocycles. The van der Waals surface area contributed by atoms with Crippen molar-refractivity contribution in [2.75, 3.05) is 19.7 Å². The van der Waals surface area contributed by atoms with Crippen molar-refractivity contribution in [3.05, 3.63) is 34.3 Å². The monoisotopic (exact) mass is 307 g/mol. The van der Waals surface area contributed by atoms with Crippen LogP contribution in [0.1, 0.15) is 35.2 Å². The number of carbonyl (C=O) groups excluding carboxylic acids is 1. The van der Waals surface area contributed by atoms with Crippen LogP contribution in [0.15, 0.2) is 18.2 Å². The summed E-state index contributed by atoms with van der Waals surface area (Å²) >= 11 is 6.14. The maximum Gasteiger partial charge on any atom is 0.253 e. The molecule has 1 saturated heterocycles. The predicted molar refractivity (Wildman–Crippen MR) is 81.2 cm³/mol. The SMILES string of the molecule is O=C(c1ccc(C#CCCO)c(Cl)c1)N1CCC(O)CC1. The molecule has 1 aromatic rings. The molecule has 0 radical (unpaired) electrons. The minimum absolute atomic E-state index is 0.0159. The van der Waals surface area contributed by atoms with Gasteiger partial charge in [-0.25, -0.2) is 0 Å². The molecule has 112 valence electrons. The van der Waals surface area contributed by atoms with E-state index < -0.39 is 0 Å². The predicted octanol–water partition coefficient (Wildman–Crippen LogP) is 1.67. The molecule has 21 heavy (non-hydrogen) atoms. The highest BCUT2D eigenvalue weighted by molar-refractivity contribution is 6.32. The molecule has 5 heteroatoms. The first-order chi connectivity index (χ1) is 10.1. The maximum atomic E-state index is 12.3. The van der Waals surface area contributed by atoms with Crippen molar-refractivity contribution in [1.82, 2.24) is 4.90 Å². The molecular weight excluding hydrogens is 290 g/mol. The number of amides is 1. The van der Waals surface area contributed by atoms with Crippen LogP contribution in [0.3, 0.4) is 0 Å². The fraction of sp³-hybridized carbons (Fsp3) is 0.438. The van der Waals surface area contributed by atoms with Crippen LogP contribution < -0.4 is 0 Å². The van der Waals surface area contributed by atoms with Crippen molar-refractivity contribution >= 4 is 17.5 Å². The lowest BCUT2D eigenvalue weighted by Gasteiger charge is -2.29. The number of benzene rings is 1. The van der Waals surface area contributed by atoms with Crippen LogP contribution in [0.4, 0.5) is 0 Å². The molecule has 2 rings (SSSR count). The number of likely N-dealkylation sites (tertiary alicyclic amines) is 1. The zero-order valence-electron chi connectivity index (χ0n) is 11.7. The van der Waals surface area contributed by atoms with E-state index in [-0.39, 0.29) is 18.6 Å². The Labute approximate surface area is 129 Å². The number of rotatable bonds is 2. The first-order valence-corrected chi connectivity index (χ1v) is 7.36. The summed E-state index contributed by atoms with van der Waals surface area (Å²) in [6.07, 6.45) is 1.32. The summed E-state index contributed by atoms with van der Waals surface area (Å²) in [5, 5.41) is 18.6. The van der Waals surface area contributed by atoms with Gasteiger partial charge in [0.25, 0.3) is 5.91 Å². The molecule has 0 unspecified atom stereocenters. The molecule has 1 aliphatic heterocycles. The summed E-state index contributed by atoms with van der Waals surface area (Å²) in [7, 11) is 0. The Balaban J connectivity index is 2.09. The molecule has 0 atom stereocenters. The first kappa shape index (κ1) is 15.8. The van der Waals surface area contributed by atoms with Crippen molar-refractivity contribution in [1.29, 1.82) is 0 Å². The Kier molecular flexibility index (Phi) is 5.63. The molecule has 4 nitrogen and oxygen atoms in total. The standard InChI is InChI=1S/C16H18ClNO3/c17-15-11-13(5-4-12(15)3-1-2-10-19)16(21)18-8-6-14(20)7-9-18/h4-5,11,14,19-20H,2,6-10H2. The lowest BCUT2D eigenvalue weighted by molar-refractivity contribution is 0.0546. The topological polar surface area (TPSA) is 60.8 Å². The lowest BCUT2D eigenvalue weighted by atomic mass is 10.1. The van der Waals surface area contributed by atoms with Crippen LogP contribution in [-0.4, -0.2) is 46.8 Å². The highest BCUT2D eigenvalue weighted by Gasteiger charge is 2.22. The summed E-state index contributed by atoms with van der Waals surface area (Å²) in [6, 6.07) is 5.05. The van der Waals surface area contributed by atoms with Crippen LogP contribution in [0.5, 0.6) is 0 Å². The number of halogens is 1. The summed E-state index contributed by atoms with van der Waals surface area (Å²) in [5.41, 5.74) is 1.18. The third kappa shape index (κ3) is 4.21. The van der Waals surface area contributed by atoms with E-state index in [1.165, 1.54) is 0 Å². The van der Waals surface area contributed by atoms with Gasteiger partial charge in [-0.2, -0.15) is 0 Å². The largest absolute Gasteiger partial charge is 0.395 e. The van der Waals surface area contributed by atoms with Gasteiger partial charge in [0, 0.05) is 30.6 Å². The van der Waals surface area contributed by atoms with Crippen molar-refractivity contribution in [2.24, 2.45) is 0 Å². The van der Waals surface area contributed by atoms with E-state index in [4.69, 9.17) is 16.7 Å². The quantitative estimate of drug-likeness (QED) is 0.817. The Morgan fingerprint density at radius 2 is 2.10 bits per heavy atom. The molecule has 0 bridgehead atoms. The minimum Gasteiger partial charge on any atom is -0.395 e. The van der Waals surface area contributed by atoms with E-state index in [0.717, 1.165) is 0 Å². The van der Waals surface area contributed by atoms with Crippen LogP contribution in [-0.2, 0) is 0 Å². The van der Waals surface area contributed by atoms with Crippen molar-refractivity contribution in [3.8, 4) is 11.8 Å². The first-order valence-electron chi connectivity index (χ1n) is 6.98. The van der Waals surface area contributed by atoms with Crippen molar-refractivity contribution < 1.29 is 15.0 Å². The lowest BCUT2D eigenvalue weighted by Crippen LogP contribution is -2.40. The zero-order valence-corrected chi connectivity index (χ0v) is 12.4. The Hall–Kier alpha value is -1.54. The average Bonchev–Trinajstić information content (AvgIpc) is 2.49. The number of nitrogens with zero attached hydrogens (tertiary/aromatic N) is 1. The van der Waals surface area contributed by atoms with Crippen molar-refractivity contribution in [2.45, 2.75) is 25.4 Å². The molecule has 1 amide bonds. The second-order valence-electron chi connectivity index (χ2n) is 4.99. The summed E-state index contributed by atoms with van der Waals surface area (Å²) in [5.74, 6) is 5.60. The molecular formula is C16H18ClNO3. The second kappa shape index (κ2) is 7.46. The zero-order chi connectivity index (χ0) is 15.2. The number of aliphatic hydroxyl groups is 2. The smallest absolute Gasteiger partial charge is 0.253 e. The normalized spacial score (nSPS) is 15.5. The van der Waals surface area contributed by atoms with Gasteiger partial charge in [-0.3, -0.25) is 4.79 Å². The number of hydrogen-bond acceptors (Lipinski definition) is 3. The van der Waals surface area contributed by atoms with Gasteiger partial charge >= 0.3 is 0 Å². The van der Waals surface area contributed by atoms with Gasteiger partial charge in [-0.05, 0) is 31.0 Å². The Morgan fingerprint density at radius 1 is 1.38 bits per heavy atom. The summed E-state index contributed by atoms with van der Waals surface area (Å²) < 4.78 is 0. The van der Waals surface area contributed by atoms with Gasteiger partial charge in [0.1, 0.15) is 0 Å². The second-order valence-corrected chi connectivity index (χ2v) is 5.40. The number of piperidine rings is 1. The molecule has 1 fully saturated rings. The average molecular weight is 308 g/mol. The Morgan fingerprint density at radius 3 is 2.71 bits per heavy atom. The fourth-order valence-corrected chi connectivity index (χ4v) is 2.44. The van der Waals surface area contributed by atoms with Crippen LogP contribution in [0.2, 0.25) is 5.02 Å². The maximum absolute atomic E-state index is 12.3. The van der Waals surface area contributed by atoms with E-state index in [2.05, 4.69) is 11.8 Å². The van der Waals surface area contributed by atoms with Gasteiger partial charge < -0.3 is 15.1 Å². The minimum atomic E-state index is -0.304. The van der Waals surface area contributed by atoms with Gasteiger partial charge in [-0.15, -0.1) is 0 Å².